The highest BCUT2D eigenvalue weighted by Gasteiger charge is 2.30. The molecule has 0 spiro atoms. The molecule has 4 nitrogen and oxygen atoms in total. The zero-order valence-electron chi connectivity index (χ0n) is 19.7. The Morgan fingerprint density at radius 1 is 0.968 bits per heavy atom. The minimum Gasteiger partial charge on any atom is -0.350 e. The van der Waals surface area contributed by atoms with Gasteiger partial charge in [-0.1, -0.05) is 54.4 Å². The van der Waals surface area contributed by atoms with Crippen LogP contribution in [0.5, 0.6) is 0 Å². The first-order valence-corrected chi connectivity index (χ1v) is 11.9. The van der Waals surface area contributed by atoms with Gasteiger partial charge in [0.1, 0.15) is 6.04 Å². The van der Waals surface area contributed by atoms with Crippen molar-refractivity contribution < 1.29 is 9.59 Å². The average Bonchev–Trinajstić information content (AvgIpc) is 2.69. The number of nitrogens with zero attached hydrogens (tertiary/aromatic N) is 1. The zero-order valence-corrected chi connectivity index (χ0v) is 20.5. The summed E-state index contributed by atoms with van der Waals surface area (Å²) in [6.07, 6.45) is 0.967. The number of rotatable bonds is 9. The highest BCUT2D eigenvalue weighted by Crippen LogP contribution is 2.21. The van der Waals surface area contributed by atoms with Crippen molar-refractivity contribution in [2.24, 2.45) is 0 Å². The lowest BCUT2D eigenvalue weighted by Crippen LogP contribution is -2.53. The van der Waals surface area contributed by atoms with Crippen LogP contribution in [0, 0.1) is 13.8 Å². The van der Waals surface area contributed by atoms with Gasteiger partial charge in [-0.15, -0.1) is 11.8 Å². The largest absolute Gasteiger partial charge is 0.350 e. The van der Waals surface area contributed by atoms with Crippen LogP contribution < -0.4 is 5.32 Å². The summed E-state index contributed by atoms with van der Waals surface area (Å²) in [6.45, 7) is 12.4. The van der Waals surface area contributed by atoms with Gasteiger partial charge in [0.25, 0.3) is 0 Å². The van der Waals surface area contributed by atoms with E-state index in [0.29, 0.717) is 25.1 Å². The second-order valence-corrected chi connectivity index (χ2v) is 10.3. The van der Waals surface area contributed by atoms with Crippen LogP contribution in [0.3, 0.4) is 0 Å². The predicted molar refractivity (Wildman–Crippen MR) is 130 cm³/mol. The van der Waals surface area contributed by atoms with Gasteiger partial charge >= 0.3 is 0 Å². The number of benzene rings is 2. The normalized spacial score (nSPS) is 12.3. The fraction of sp³-hybridized carbons (Fsp3) is 0.462. The van der Waals surface area contributed by atoms with Gasteiger partial charge in [0.2, 0.25) is 11.8 Å². The summed E-state index contributed by atoms with van der Waals surface area (Å²) in [5.41, 5.74) is 3.09. The molecular weight excluding hydrogens is 404 g/mol. The molecule has 0 saturated heterocycles. The van der Waals surface area contributed by atoms with Gasteiger partial charge in [0.05, 0.1) is 0 Å². The van der Waals surface area contributed by atoms with Crippen LogP contribution in [0.15, 0.2) is 53.4 Å². The molecular formula is C26H36N2O2S. The Labute approximate surface area is 191 Å². The molecule has 0 aliphatic carbocycles. The Hall–Kier alpha value is -2.27. The van der Waals surface area contributed by atoms with E-state index < -0.39 is 6.04 Å². The minimum absolute atomic E-state index is 0.0103. The SMILES string of the molecule is CCC(C(=O)NC(C)(C)C)N(Cc1ccc(C)cc1)C(=O)CCSc1ccc(C)cc1. The van der Waals surface area contributed by atoms with E-state index in [2.05, 4.69) is 36.5 Å². The molecule has 1 atom stereocenters. The lowest BCUT2D eigenvalue weighted by atomic mass is 10.0. The van der Waals surface area contributed by atoms with E-state index in [1.807, 2.05) is 58.9 Å². The molecule has 31 heavy (non-hydrogen) atoms. The van der Waals surface area contributed by atoms with E-state index in [4.69, 9.17) is 0 Å². The van der Waals surface area contributed by atoms with Crippen LogP contribution in [0.25, 0.3) is 0 Å². The summed E-state index contributed by atoms with van der Waals surface area (Å²) in [5, 5.41) is 3.05. The predicted octanol–water partition coefficient (Wildman–Crippen LogP) is 5.51. The van der Waals surface area contributed by atoms with Gasteiger partial charge in [0, 0.05) is 29.2 Å². The van der Waals surface area contributed by atoms with Gasteiger partial charge in [-0.3, -0.25) is 9.59 Å². The Kier molecular flexibility index (Phi) is 9.17. The number of thioether (sulfide) groups is 1. The molecule has 0 aromatic heterocycles. The first-order valence-electron chi connectivity index (χ1n) is 11.0. The summed E-state index contributed by atoms with van der Waals surface area (Å²) in [7, 11) is 0. The molecule has 1 unspecified atom stereocenters. The van der Waals surface area contributed by atoms with E-state index >= 15 is 0 Å². The Morgan fingerprint density at radius 3 is 2.03 bits per heavy atom. The molecule has 0 aliphatic heterocycles. The maximum Gasteiger partial charge on any atom is 0.243 e. The number of hydrogen-bond acceptors (Lipinski definition) is 3. The summed E-state index contributed by atoms with van der Waals surface area (Å²) < 4.78 is 0. The molecule has 2 rings (SSSR count). The number of carbonyl (C=O) groups excluding carboxylic acids is 2. The number of nitrogens with one attached hydrogen (secondary N) is 1. The van der Waals surface area contributed by atoms with Gasteiger partial charge in [-0.2, -0.15) is 0 Å². The van der Waals surface area contributed by atoms with Crippen LogP contribution >= 0.6 is 11.8 Å². The third-order valence-corrected chi connectivity index (χ3v) is 5.98. The molecule has 0 fully saturated rings. The van der Waals surface area contributed by atoms with Crippen LogP contribution in [-0.2, 0) is 16.1 Å². The van der Waals surface area contributed by atoms with Crippen molar-refractivity contribution >= 4 is 23.6 Å². The van der Waals surface area contributed by atoms with E-state index in [1.165, 1.54) is 11.1 Å². The topological polar surface area (TPSA) is 49.4 Å². The molecule has 2 aromatic rings. The molecule has 1 N–H and O–H groups in total. The van der Waals surface area contributed by atoms with E-state index in [1.54, 1.807) is 16.7 Å². The van der Waals surface area contributed by atoms with Crippen LogP contribution in [0.1, 0.15) is 57.2 Å². The van der Waals surface area contributed by atoms with Gasteiger partial charge in [0.15, 0.2) is 0 Å². The van der Waals surface area contributed by atoms with Crippen molar-refractivity contribution in [2.75, 3.05) is 5.75 Å². The number of carbonyl (C=O) groups is 2. The molecule has 0 heterocycles. The fourth-order valence-corrected chi connectivity index (χ4v) is 4.14. The molecule has 0 bridgehead atoms. The molecule has 0 saturated carbocycles. The van der Waals surface area contributed by atoms with Crippen molar-refractivity contribution in [3.8, 4) is 0 Å². The summed E-state index contributed by atoms with van der Waals surface area (Å²) in [6, 6.07) is 16.0. The van der Waals surface area contributed by atoms with E-state index in [9.17, 15) is 9.59 Å². The van der Waals surface area contributed by atoms with Crippen molar-refractivity contribution in [3.05, 3.63) is 65.2 Å². The third-order valence-electron chi connectivity index (χ3n) is 4.96. The summed E-state index contributed by atoms with van der Waals surface area (Å²) in [5.74, 6) is 0.599. The highest BCUT2D eigenvalue weighted by molar-refractivity contribution is 7.99. The van der Waals surface area contributed by atoms with Crippen molar-refractivity contribution in [3.63, 3.8) is 0 Å². The van der Waals surface area contributed by atoms with Crippen LogP contribution in [0.4, 0.5) is 0 Å². The van der Waals surface area contributed by atoms with Crippen molar-refractivity contribution in [1.82, 2.24) is 10.2 Å². The average molecular weight is 441 g/mol. The Bertz CT molecular complexity index is 854. The summed E-state index contributed by atoms with van der Waals surface area (Å²) >= 11 is 1.67. The number of hydrogen-bond donors (Lipinski definition) is 1. The zero-order chi connectivity index (χ0) is 23.0. The lowest BCUT2D eigenvalue weighted by molar-refractivity contribution is -0.141. The van der Waals surface area contributed by atoms with Crippen molar-refractivity contribution in [1.29, 1.82) is 0 Å². The van der Waals surface area contributed by atoms with Crippen LogP contribution in [0.2, 0.25) is 0 Å². The van der Waals surface area contributed by atoms with E-state index in [-0.39, 0.29) is 17.4 Å². The first kappa shape index (κ1) is 25.0. The first-order chi connectivity index (χ1) is 14.6. The van der Waals surface area contributed by atoms with Gasteiger partial charge in [-0.05, 0) is 58.7 Å². The lowest BCUT2D eigenvalue weighted by Gasteiger charge is -2.33. The van der Waals surface area contributed by atoms with Gasteiger partial charge in [-0.25, -0.2) is 0 Å². The molecule has 0 radical (unpaired) electrons. The maximum absolute atomic E-state index is 13.3. The molecule has 5 heteroatoms. The quantitative estimate of drug-likeness (QED) is 0.523. The van der Waals surface area contributed by atoms with E-state index in [0.717, 1.165) is 10.5 Å². The Balaban J connectivity index is 2.14. The van der Waals surface area contributed by atoms with Crippen molar-refractivity contribution in [2.45, 2.75) is 77.4 Å². The number of aryl methyl sites for hydroxylation is 2. The maximum atomic E-state index is 13.3. The molecule has 168 valence electrons. The third kappa shape index (κ3) is 8.41. The minimum atomic E-state index is -0.489. The second kappa shape index (κ2) is 11.4. The fourth-order valence-electron chi connectivity index (χ4n) is 3.30. The second-order valence-electron chi connectivity index (χ2n) is 9.08. The van der Waals surface area contributed by atoms with Gasteiger partial charge < -0.3 is 10.2 Å². The van der Waals surface area contributed by atoms with Crippen LogP contribution in [-0.4, -0.2) is 34.0 Å². The highest BCUT2D eigenvalue weighted by atomic mass is 32.2. The Morgan fingerprint density at radius 2 is 1.52 bits per heavy atom. The smallest absolute Gasteiger partial charge is 0.243 e. The summed E-state index contributed by atoms with van der Waals surface area (Å²) in [4.78, 5) is 29.2. The standard InChI is InChI=1S/C26H36N2O2S/c1-7-23(25(30)27-26(4,5)6)28(18-21-12-8-19(2)9-13-21)24(29)16-17-31-22-14-10-20(3)11-15-22/h8-15,23H,7,16-18H2,1-6H3,(H,27,30). The number of amides is 2. The molecule has 2 aromatic carbocycles. The molecule has 0 aliphatic rings. The monoisotopic (exact) mass is 440 g/mol. The molecule has 2 amide bonds.